The summed E-state index contributed by atoms with van der Waals surface area (Å²) < 4.78 is 5.87. The van der Waals surface area contributed by atoms with E-state index in [1.807, 2.05) is 18.3 Å². The van der Waals surface area contributed by atoms with E-state index in [0.717, 1.165) is 35.4 Å². The number of hydrogen-bond acceptors (Lipinski definition) is 4. The van der Waals surface area contributed by atoms with Crippen molar-refractivity contribution in [2.24, 2.45) is 17.8 Å². The predicted octanol–water partition coefficient (Wildman–Crippen LogP) is 4.11. The molecule has 2 aliphatic carbocycles. The van der Waals surface area contributed by atoms with Crippen LogP contribution < -0.4 is 0 Å². The fraction of sp³-hybridized carbons (Fsp3) is 0.542. The van der Waals surface area contributed by atoms with E-state index in [9.17, 15) is 4.79 Å². The second-order valence-corrected chi connectivity index (χ2v) is 9.60. The molecule has 2 aliphatic heterocycles. The van der Waals surface area contributed by atoms with Gasteiger partial charge in [0.1, 0.15) is 0 Å². The molecule has 1 aromatic carbocycles. The van der Waals surface area contributed by atoms with Crippen molar-refractivity contribution in [3.8, 4) is 0 Å². The third-order valence-corrected chi connectivity index (χ3v) is 7.50. The van der Waals surface area contributed by atoms with Gasteiger partial charge < -0.3 is 14.3 Å². The van der Waals surface area contributed by atoms with Crippen LogP contribution in [-0.2, 0) is 17.6 Å². The molecule has 30 heavy (non-hydrogen) atoms. The maximum absolute atomic E-state index is 13.0. The molecule has 7 rings (SSSR count). The first kappa shape index (κ1) is 18.2. The summed E-state index contributed by atoms with van der Waals surface area (Å²) in [7, 11) is 0. The Bertz CT molecular complexity index is 1060. The van der Waals surface area contributed by atoms with Crippen LogP contribution >= 0.6 is 0 Å². The number of benzene rings is 1. The average Bonchev–Trinajstić information content (AvgIpc) is 3.31. The van der Waals surface area contributed by atoms with Gasteiger partial charge in [0.05, 0.1) is 6.42 Å². The monoisotopic (exact) mass is 404 g/mol. The van der Waals surface area contributed by atoms with E-state index in [1.54, 1.807) is 0 Å². The topological polar surface area (TPSA) is 75.0 Å². The molecule has 4 fully saturated rings. The lowest BCUT2D eigenvalue weighted by Crippen LogP contribution is -2.42. The minimum atomic E-state index is 0.268. The quantitative estimate of drug-likeness (QED) is 0.694. The maximum atomic E-state index is 13.0. The van der Waals surface area contributed by atoms with E-state index in [4.69, 9.17) is 4.42 Å². The first-order chi connectivity index (χ1) is 14.7. The van der Waals surface area contributed by atoms with Gasteiger partial charge in [0.2, 0.25) is 17.7 Å². The lowest BCUT2D eigenvalue weighted by Gasteiger charge is -2.39. The number of rotatable bonds is 5. The summed E-state index contributed by atoms with van der Waals surface area (Å²) in [4.78, 5) is 18.5. The number of para-hydroxylation sites is 1. The zero-order chi connectivity index (χ0) is 20.1. The van der Waals surface area contributed by atoms with Gasteiger partial charge in [-0.2, -0.15) is 0 Å². The summed E-state index contributed by atoms with van der Waals surface area (Å²) in [5.74, 6) is 3.87. The highest BCUT2D eigenvalue weighted by Gasteiger charge is 2.43. The molecule has 0 spiro atoms. The van der Waals surface area contributed by atoms with Gasteiger partial charge in [-0.1, -0.05) is 18.2 Å². The van der Waals surface area contributed by atoms with Crippen molar-refractivity contribution >= 4 is 16.8 Å². The van der Waals surface area contributed by atoms with Crippen molar-refractivity contribution in [2.75, 3.05) is 6.54 Å². The number of amides is 1. The molecule has 4 atom stereocenters. The zero-order valence-corrected chi connectivity index (χ0v) is 17.2. The molecule has 2 saturated heterocycles. The van der Waals surface area contributed by atoms with Crippen LogP contribution in [0.2, 0.25) is 0 Å². The van der Waals surface area contributed by atoms with Gasteiger partial charge in [-0.25, -0.2) is 0 Å². The molecule has 2 aromatic heterocycles. The molecule has 4 bridgehead atoms. The smallest absolute Gasteiger partial charge is 0.223 e. The normalized spacial score (nSPS) is 27.7. The number of aryl methyl sites for hydroxylation is 1. The Balaban J connectivity index is 1.09. The van der Waals surface area contributed by atoms with Crippen LogP contribution in [0.4, 0.5) is 0 Å². The van der Waals surface area contributed by atoms with Crippen molar-refractivity contribution in [3.63, 3.8) is 0 Å². The molecule has 156 valence electrons. The summed E-state index contributed by atoms with van der Waals surface area (Å²) >= 11 is 0. The molecule has 2 unspecified atom stereocenters. The number of H-pyrrole nitrogens is 1. The first-order valence-corrected chi connectivity index (χ1v) is 11.4. The van der Waals surface area contributed by atoms with E-state index in [1.165, 1.54) is 37.5 Å². The Morgan fingerprint density at radius 2 is 1.80 bits per heavy atom. The van der Waals surface area contributed by atoms with Gasteiger partial charge in [0, 0.05) is 42.5 Å². The predicted molar refractivity (Wildman–Crippen MR) is 113 cm³/mol. The largest absolute Gasteiger partial charge is 0.425 e. The molecule has 6 heteroatoms. The molecular weight excluding hydrogens is 376 g/mol. The van der Waals surface area contributed by atoms with Crippen LogP contribution in [0.5, 0.6) is 0 Å². The van der Waals surface area contributed by atoms with E-state index >= 15 is 0 Å². The number of hydrogen-bond donors (Lipinski definition) is 1. The molecule has 1 N–H and O–H groups in total. The fourth-order valence-electron chi connectivity index (χ4n) is 6.35. The van der Waals surface area contributed by atoms with E-state index in [0.29, 0.717) is 37.1 Å². The average molecular weight is 405 g/mol. The van der Waals surface area contributed by atoms with Gasteiger partial charge in [0.15, 0.2) is 0 Å². The molecule has 2 saturated carbocycles. The SMILES string of the molecule is O=C(CCc1nnc(Cc2c[nH]c3ccccc23)o1)N1CC2C[C@@H]3CC1C[C@H](C2)C3. The standard InChI is InChI=1S/C24H28N4O2/c29-24(28-14-17-8-15-7-16(9-17)11-19(28)10-15)6-5-22-26-27-23(30-22)12-18-13-25-21-4-2-1-3-20(18)21/h1-4,13,15-17,19,25H,5-12,14H2/t15-,16+,17?,19?. The fourth-order valence-corrected chi connectivity index (χ4v) is 6.35. The number of carbonyl (C=O) groups excluding carboxylic acids is 1. The van der Waals surface area contributed by atoms with E-state index in [-0.39, 0.29) is 5.91 Å². The van der Waals surface area contributed by atoms with Crippen molar-refractivity contribution in [1.29, 1.82) is 0 Å². The molecular formula is C24H28N4O2. The van der Waals surface area contributed by atoms with Crippen LogP contribution in [-0.4, -0.2) is 38.6 Å². The number of nitrogens with zero attached hydrogens (tertiary/aromatic N) is 3. The zero-order valence-electron chi connectivity index (χ0n) is 17.2. The van der Waals surface area contributed by atoms with E-state index in [2.05, 4.69) is 32.2 Å². The van der Waals surface area contributed by atoms with Crippen molar-refractivity contribution in [1.82, 2.24) is 20.1 Å². The summed E-state index contributed by atoms with van der Waals surface area (Å²) in [6, 6.07) is 8.68. The highest BCUT2D eigenvalue weighted by atomic mass is 16.4. The van der Waals surface area contributed by atoms with Crippen LogP contribution in [0, 0.1) is 17.8 Å². The van der Waals surface area contributed by atoms with Gasteiger partial charge >= 0.3 is 0 Å². The summed E-state index contributed by atoms with van der Waals surface area (Å²) in [5.41, 5.74) is 2.26. The highest BCUT2D eigenvalue weighted by molar-refractivity contribution is 5.83. The maximum Gasteiger partial charge on any atom is 0.223 e. The molecule has 1 amide bonds. The van der Waals surface area contributed by atoms with Crippen molar-refractivity contribution in [2.45, 2.75) is 57.4 Å². The molecule has 3 aromatic rings. The van der Waals surface area contributed by atoms with Crippen LogP contribution in [0.1, 0.15) is 55.9 Å². The van der Waals surface area contributed by atoms with Gasteiger partial charge in [0.25, 0.3) is 0 Å². The first-order valence-electron chi connectivity index (χ1n) is 11.4. The summed E-state index contributed by atoms with van der Waals surface area (Å²) in [5, 5.41) is 9.60. The Morgan fingerprint density at radius 1 is 1.03 bits per heavy atom. The summed E-state index contributed by atoms with van der Waals surface area (Å²) in [6.07, 6.45) is 10.1. The van der Waals surface area contributed by atoms with Crippen LogP contribution in [0.3, 0.4) is 0 Å². The Morgan fingerprint density at radius 3 is 2.67 bits per heavy atom. The number of fused-ring (bicyclic) bond motifs is 2. The van der Waals surface area contributed by atoms with Gasteiger partial charge in [-0.15, -0.1) is 10.2 Å². The minimum Gasteiger partial charge on any atom is -0.425 e. The van der Waals surface area contributed by atoms with Crippen LogP contribution in [0.15, 0.2) is 34.9 Å². The number of carbonyl (C=O) groups is 1. The number of nitrogens with one attached hydrogen (secondary N) is 1. The van der Waals surface area contributed by atoms with Crippen molar-refractivity contribution < 1.29 is 9.21 Å². The summed E-state index contributed by atoms with van der Waals surface area (Å²) in [6.45, 7) is 0.964. The third-order valence-electron chi connectivity index (χ3n) is 7.50. The molecule has 4 aliphatic rings. The molecule has 0 radical (unpaired) electrons. The lowest BCUT2D eigenvalue weighted by molar-refractivity contribution is -0.134. The number of aromatic nitrogens is 3. The Kier molecular flexibility index (Phi) is 4.39. The van der Waals surface area contributed by atoms with Crippen molar-refractivity contribution in [3.05, 3.63) is 47.8 Å². The van der Waals surface area contributed by atoms with E-state index < -0.39 is 0 Å². The lowest BCUT2D eigenvalue weighted by atomic mass is 9.68. The van der Waals surface area contributed by atoms with Crippen LogP contribution in [0.25, 0.3) is 10.9 Å². The second kappa shape index (κ2) is 7.25. The minimum absolute atomic E-state index is 0.268. The number of aromatic amines is 1. The second-order valence-electron chi connectivity index (χ2n) is 9.60. The Hall–Kier alpha value is -2.63. The molecule has 4 heterocycles. The highest BCUT2D eigenvalue weighted by Crippen LogP contribution is 2.47. The Labute approximate surface area is 176 Å². The third kappa shape index (κ3) is 3.32. The van der Waals surface area contributed by atoms with Gasteiger partial charge in [-0.3, -0.25) is 4.79 Å². The molecule has 6 nitrogen and oxygen atoms in total. The van der Waals surface area contributed by atoms with Gasteiger partial charge in [-0.05, 0) is 61.5 Å².